The number of aliphatic hydroxyl groups excluding tert-OH is 3. The average Bonchev–Trinajstić information content (AvgIpc) is 3.14. The van der Waals surface area contributed by atoms with E-state index >= 15 is 0 Å². The van der Waals surface area contributed by atoms with Crippen molar-refractivity contribution in [3.05, 3.63) is 36.0 Å². The number of methoxy groups -OCH3 is 1. The minimum absolute atomic E-state index is 0.0340. The topological polar surface area (TPSA) is 180 Å². The maximum Gasteiger partial charge on any atom is 0.329 e. The Morgan fingerprint density at radius 1 is 1.02 bits per heavy atom. The number of allylic oxidation sites excluding steroid dienone is 4. The Morgan fingerprint density at radius 2 is 1.75 bits per heavy atom. The van der Waals surface area contributed by atoms with Crippen molar-refractivity contribution in [2.45, 2.75) is 160 Å². The van der Waals surface area contributed by atoms with E-state index < -0.39 is 90.4 Å². The molecule has 0 aromatic heterocycles. The zero-order valence-electron chi connectivity index (χ0n) is 33.8. The second-order valence-corrected chi connectivity index (χ2v) is 17.2. The number of nitrogens with zero attached hydrogens (tertiary/aromatic N) is 1. The van der Waals surface area contributed by atoms with E-state index in [1.54, 1.807) is 26.8 Å². The van der Waals surface area contributed by atoms with Crippen LogP contribution in [-0.2, 0) is 33.4 Å². The molecule has 0 aromatic carbocycles. The number of piperidine rings is 1. The lowest BCUT2D eigenvalue weighted by Gasteiger charge is -2.47. The largest absolute Gasteiger partial charge is 0.456 e. The second kappa shape index (κ2) is 20.1. The van der Waals surface area contributed by atoms with Gasteiger partial charge in [0, 0.05) is 43.7 Å². The maximum absolute atomic E-state index is 14.2. The fourth-order valence-corrected chi connectivity index (χ4v) is 9.28. The molecule has 1 amide bonds. The van der Waals surface area contributed by atoms with E-state index in [1.165, 1.54) is 12.0 Å². The maximum atomic E-state index is 14.2. The third-order valence-electron chi connectivity index (χ3n) is 12.6. The molecule has 4 N–H and O–H groups in total. The van der Waals surface area contributed by atoms with Crippen molar-refractivity contribution in [3.63, 3.8) is 0 Å². The third-order valence-corrected chi connectivity index (χ3v) is 12.6. The Balaban J connectivity index is 1.75. The summed E-state index contributed by atoms with van der Waals surface area (Å²) in [7, 11) is 1.54. The van der Waals surface area contributed by atoms with Gasteiger partial charge in [-0.3, -0.25) is 9.59 Å². The molecule has 4 aliphatic rings. The number of ketones is 1. The lowest BCUT2D eigenvalue weighted by Crippen LogP contribution is -2.58. The number of hydrogen-bond acceptors (Lipinski definition) is 11. The summed E-state index contributed by atoms with van der Waals surface area (Å²) >= 11 is 0. The van der Waals surface area contributed by atoms with Gasteiger partial charge in [0.2, 0.25) is 5.91 Å². The number of ether oxygens (including phenoxy) is 3. The van der Waals surface area contributed by atoms with Crippen LogP contribution in [0.4, 0.5) is 0 Å². The zero-order chi connectivity index (χ0) is 40.6. The highest BCUT2D eigenvalue weighted by molar-refractivity contribution is 5.85. The molecule has 4 rings (SSSR count). The monoisotopic (exact) mass is 773 g/mol. The number of carbonyl (C=O) groups is 4. The van der Waals surface area contributed by atoms with E-state index in [4.69, 9.17) is 14.2 Å². The Labute approximate surface area is 327 Å². The Kier molecular flexibility index (Phi) is 16.4. The summed E-state index contributed by atoms with van der Waals surface area (Å²) in [6, 6.07) is -0.957. The van der Waals surface area contributed by atoms with E-state index in [0.29, 0.717) is 63.4 Å². The molecule has 55 heavy (non-hydrogen) atoms. The van der Waals surface area contributed by atoms with Crippen LogP contribution < -0.4 is 0 Å². The minimum Gasteiger partial charge on any atom is -0.456 e. The minimum atomic E-state index is -1.92. The van der Waals surface area contributed by atoms with Crippen LogP contribution in [-0.4, -0.2) is 111 Å². The Bertz CT molecular complexity index is 1410. The first-order chi connectivity index (χ1) is 26.0. The van der Waals surface area contributed by atoms with Gasteiger partial charge < -0.3 is 44.3 Å². The van der Waals surface area contributed by atoms with Crippen molar-refractivity contribution in [1.82, 2.24) is 4.90 Å². The molecule has 14 atom stereocenters. The van der Waals surface area contributed by atoms with Gasteiger partial charge in [0.1, 0.15) is 24.2 Å². The summed E-state index contributed by atoms with van der Waals surface area (Å²) in [4.78, 5) is 56.0. The van der Waals surface area contributed by atoms with Crippen LogP contribution in [0.15, 0.2) is 36.0 Å². The van der Waals surface area contributed by atoms with E-state index in [0.717, 1.165) is 11.9 Å². The van der Waals surface area contributed by atoms with Crippen LogP contribution in [0.3, 0.4) is 0 Å². The van der Waals surface area contributed by atoms with E-state index in [-0.39, 0.29) is 37.0 Å². The zero-order valence-corrected chi connectivity index (χ0v) is 33.8. The first-order valence-electron chi connectivity index (χ1n) is 20.4. The van der Waals surface area contributed by atoms with Gasteiger partial charge in [-0.1, -0.05) is 44.6 Å². The SMILES string of the molecule is C=CC[C@@H]1/C=C(\C)C[C@H](C)C[C@H](OC)C2O[C@@](O)(CC(=O)N3CCCC[C@H]3C(=O)O[C@H](/C(C)=C/[C@@H]3CC[C@@H](O)[C@H](O)C3)[C@H](C)[C@@H](O)CC1=O)[C@H](C)C[C@@H]2C=O. The molecule has 3 fully saturated rings. The summed E-state index contributed by atoms with van der Waals surface area (Å²) in [6.07, 6.45) is 5.31. The fraction of sp³-hybridized carbons (Fsp3) is 0.767. The van der Waals surface area contributed by atoms with Gasteiger partial charge in [0.15, 0.2) is 5.79 Å². The van der Waals surface area contributed by atoms with Crippen LogP contribution in [0, 0.1) is 35.5 Å². The molecule has 3 aliphatic heterocycles. The number of hydrogen-bond donors (Lipinski definition) is 4. The van der Waals surface area contributed by atoms with Crippen molar-refractivity contribution in [3.8, 4) is 0 Å². The second-order valence-electron chi connectivity index (χ2n) is 17.2. The highest BCUT2D eigenvalue weighted by Gasteiger charge is 2.51. The predicted octanol–water partition coefficient (Wildman–Crippen LogP) is 4.61. The van der Waals surface area contributed by atoms with Crippen molar-refractivity contribution in [2.75, 3.05) is 13.7 Å². The van der Waals surface area contributed by atoms with Crippen LogP contribution >= 0.6 is 0 Å². The Morgan fingerprint density at radius 3 is 2.40 bits per heavy atom. The quantitative estimate of drug-likeness (QED) is 0.168. The fourth-order valence-electron chi connectivity index (χ4n) is 9.28. The molecular weight excluding hydrogens is 706 g/mol. The highest BCUT2D eigenvalue weighted by atomic mass is 16.6. The number of aldehydes is 1. The van der Waals surface area contributed by atoms with Crippen molar-refractivity contribution >= 4 is 23.9 Å². The van der Waals surface area contributed by atoms with Crippen molar-refractivity contribution in [2.24, 2.45) is 35.5 Å². The normalized spacial score (nSPS) is 41.9. The predicted molar refractivity (Wildman–Crippen MR) is 206 cm³/mol. The number of fused-ring (bicyclic) bond motifs is 3. The first kappa shape index (κ1) is 45.0. The van der Waals surface area contributed by atoms with Gasteiger partial charge in [0.25, 0.3) is 0 Å². The molecule has 1 saturated carbocycles. The number of amides is 1. The number of carbonyl (C=O) groups excluding carboxylic acids is 4. The highest BCUT2D eigenvalue weighted by Crippen LogP contribution is 2.41. The van der Waals surface area contributed by atoms with Crippen LogP contribution in [0.2, 0.25) is 0 Å². The van der Waals surface area contributed by atoms with Gasteiger partial charge in [-0.25, -0.2) is 4.79 Å². The van der Waals surface area contributed by atoms with E-state index in [1.807, 2.05) is 26.0 Å². The van der Waals surface area contributed by atoms with Crippen LogP contribution in [0.5, 0.6) is 0 Å². The lowest BCUT2D eigenvalue weighted by molar-refractivity contribution is -0.306. The molecule has 12 heteroatoms. The molecule has 0 spiro atoms. The molecule has 1 aliphatic carbocycles. The average molecular weight is 774 g/mol. The smallest absolute Gasteiger partial charge is 0.329 e. The summed E-state index contributed by atoms with van der Waals surface area (Å²) in [5.41, 5.74) is 1.60. The number of rotatable bonds is 6. The molecule has 2 bridgehead atoms. The molecule has 310 valence electrons. The summed E-state index contributed by atoms with van der Waals surface area (Å²) in [6.45, 7) is 13.4. The van der Waals surface area contributed by atoms with E-state index in [2.05, 4.69) is 6.58 Å². The third kappa shape index (κ3) is 11.4. The number of Topliss-reactive ketones (excluding diaryl/α,β-unsaturated/α-hetero) is 1. The van der Waals surface area contributed by atoms with Crippen molar-refractivity contribution in [1.29, 1.82) is 0 Å². The summed E-state index contributed by atoms with van der Waals surface area (Å²) in [5, 5.41) is 44.1. The molecule has 3 heterocycles. The molecule has 2 saturated heterocycles. The van der Waals surface area contributed by atoms with Crippen LogP contribution in [0.1, 0.15) is 112 Å². The van der Waals surface area contributed by atoms with Gasteiger partial charge in [-0.2, -0.15) is 0 Å². The van der Waals surface area contributed by atoms with Gasteiger partial charge >= 0.3 is 5.97 Å². The van der Waals surface area contributed by atoms with Gasteiger partial charge in [-0.05, 0) is 95.5 Å². The van der Waals surface area contributed by atoms with Gasteiger partial charge in [-0.15, -0.1) is 6.58 Å². The number of aliphatic hydroxyl groups is 4. The first-order valence-corrected chi connectivity index (χ1v) is 20.4. The molecule has 12 nitrogen and oxygen atoms in total. The van der Waals surface area contributed by atoms with Crippen molar-refractivity contribution < 1.29 is 53.8 Å². The molecule has 1 unspecified atom stereocenters. The summed E-state index contributed by atoms with van der Waals surface area (Å²) < 4.78 is 18.5. The molecule has 0 radical (unpaired) electrons. The molecular formula is C43H67NO11. The molecule has 0 aromatic rings. The Hall–Kier alpha value is -2.74. The number of esters is 1. The van der Waals surface area contributed by atoms with Crippen LogP contribution in [0.25, 0.3) is 0 Å². The van der Waals surface area contributed by atoms with Gasteiger partial charge in [0.05, 0.1) is 36.9 Å². The van der Waals surface area contributed by atoms with E-state index in [9.17, 15) is 39.6 Å². The lowest BCUT2D eigenvalue weighted by atomic mass is 9.78. The number of cyclic esters (lactones) is 1. The standard InChI is InChI=1S/C43H67NO11/c1-8-11-31-17-25(2)16-26(3)18-38(53-7)41-32(24-45)20-28(5)43(52,55-41)23-39(50)44-15-10-9-12-33(44)42(51)54-40(29(6)35(47)22-36(31)48)27(4)19-30-13-14-34(46)37(49)21-30/h8,17,19,24,26,28-35,37-38,40-41,46-47,49,52H,1,9-16,18,20-23H2,2-7H3/b25-17+,27-19+/t26-,28+,29+,30-,31+,32+,33-,34+,35-,37+,38-,40+,41?,43-/m0/s1. The summed E-state index contributed by atoms with van der Waals surface area (Å²) in [5.74, 6) is -5.69.